The Morgan fingerprint density at radius 3 is 3.00 bits per heavy atom. The number of thiazole rings is 1. The fraction of sp³-hybridized carbons (Fsp3) is 0.471. The number of hydrogen-bond donors (Lipinski definition) is 2. The van der Waals surface area contributed by atoms with Gasteiger partial charge < -0.3 is 10.4 Å². The fourth-order valence-electron chi connectivity index (χ4n) is 3.01. The highest BCUT2D eigenvalue weighted by atomic mass is 32.1. The van der Waals surface area contributed by atoms with E-state index in [1.165, 1.54) is 11.1 Å². The number of nitrogens with one attached hydrogen (secondary N) is 1. The third-order valence-electron chi connectivity index (χ3n) is 4.24. The van der Waals surface area contributed by atoms with E-state index in [4.69, 9.17) is 0 Å². The number of hydrogen-bond acceptors (Lipinski definition) is 5. The predicted molar refractivity (Wildman–Crippen MR) is 91.2 cm³/mol. The van der Waals surface area contributed by atoms with Gasteiger partial charge in [0.15, 0.2) is 0 Å². The van der Waals surface area contributed by atoms with E-state index >= 15 is 0 Å². The average Bonchev–Trinajstić information content (AvgIpc) is 3.13. The molecule has 0 radical (unpaired) electrons. The summed E-state index contributed by atoms with van der Waals surface area (Å²) in [6, 6.07) is 8.87. The maximum absolute atomic E-state index is 9.68. The Morgan fingerprint density at radius 1 is 1.50 bits per heavy atom. The molecule has 2 aromatic rings. The number of aryl methyl sites for hydroxylation is 1. The number of rotatable bonds is 5. The smallest absolute Gasteiger partial charge is 0.0901 e. The van der Waals surface area contributed by atoms with Crippen molar-refractivity contribution in [1.29, 1.82) is 0 Å². The molecule has 1 fully saturated rings. The van der Waals surface area contributed by atoms with Crippen molar-refractivity contribution in [3.63, 3.8) is 0 Å². The molecule has 3 rings (SSSR count). The summed E-state index contributed by atoms with van der Waals surface area (Å²) in [4.78, 5) is 6.90. The zero-order valence-electron chi connectivity index (χ0n) is 13.1. The summed E-state index contributed by atoms with van der Waals surface area (Å²) < 4.78 is 0. The Balaban J connectivity index is 1.77. The molecule has 0 aliphatic carbocycles. The van der Waals surface area contributed by atoms with E-state index in [2.05, 4.69) is 44.8 Å². The van der Waals surface area contributed by atoms with Crippen LogP contribution < -0.4 is 5.32 Å². The standard InChI is InChI=1S/C17H23N3OS/c1-12-19-17(11-22-12)14-5-3-4-13(8-14)16(18-2)10-20-7-6-15(21)9-20/h3-5,8,11,15-16,18,21H,6-7,9-10H2,1-2H3/t15-,16+/m0/s1. The minimum Gasteiger partial charge on any atom is -0.392 e. The van der Waals surface area contributed by atoms with Gasteiger partial charge in [-0.3, -0.25) is 4.90 Å². The molecule has 1 aromatic carbocycles. The normalized spacial score (nSPS) is 20.4. The highest BCUT2D eigenvalue weighted by Gasteiger charge is 2.23. The van der Waals surface area contributed by atoms with Crippen molar-refractivity contribution in [1.82, 2.24) is 15.2 Å². The molecule has 0 amide bonds. The number of aromatic nitrogens is 1. The van der Waals surface area contributed by atoms with Crippen molar-refractivity contribution in [2.45, 2.75) is 25.5 Å². The first-order valence-electron chi connectivity index (χ1n) is 7.76. The first kappa shape index (κ1) is 15.6. The Morgan fingerprint density at radius 2 is 2.36 bits per heavy atom. The molecule has 5 heteroatoms. The lowest BCUT2D eigenvalue weighted by Crippen LogP contribution is -2.33. The van der Waals surface area contributed by atoms with Gasteiger partial charge in [-0.25, -0.2) is 4.98 Å². The molecule has 1 aliphatic heterocycles. The lowest BCUT2D eigenvalue weighted by atomic mass is 10.0. The molecule has 0 saturated carbocycles. The highest BCUT2D eigenvalue weighted by molar-refractivity contribution is 7.09. The molecular weight excluding hydrogens is 294 g/mol. The van der Waals surface area contributed by atoms with Crippen LogP contribution in [0.5, 0.6) is 0 Å². The lowest BCUT2D eigenvalue weighted by molar-refractivity contribution is 0.173. The third-order valence-corrected chi connectivity index (χ3v) is 5.01. The maximum Gasteiger partial charge on any atom is 0.0901 e. The summed E-state index contributed by atoms with van der Waals surface area (Å²) in [5.74, 6) is 0. The van der Waals surface area contributed by atoms with Crippen LogP contribution in [0.15, 0.2) is 29.6 Å². The molecule has 118 valence electrons. The van der Waals surface area contributed by atoms with Gasteiger partial charge in [-0.1, -0.05) is 18.2 Å². The molecular formula is C17H23N3OS. The second-order valence-corrected chi connectivity index (χ2v) is 6.98. The van der Waals surface area contributed by atoms with Crippen molar-refractivity contribution in [3.05, 3.63) is 40.2 Å². The Kier molecular flexibility index (Phi) is 4.88. The monoisotopic (exact) mass is 317 g/mol. The third kappa shape index (κ3) is 3.55. The summed E-state index contributed by atoms with van der Waals surface area (Å²) in [5, 5.41) is 16.3. The summed E-state index contributed by atoms with van der Waals surface area (Å²) in [5.41, 5.74) is 3.49. The molecule has 4 nitrogen and oxygen atoms in total. The fourth-order valence-corrected chi connectivity index (χ4v) is 3.63. The van der Waals surface area contributed by atoms with Crippen LogP contribution in [0, 0.1) is 6.92 Å². The van der Waals surface area contributed by atoms with Crippen LogP contribution in [0.3, 0.4) is 0 Å². The van der Waals surface area contributed by atoms with Gasteiger partial charge in [0.25, 0.3) is 0 Å². The van der Waals surface area contributed by atoms with Crippen molar-refractivity contribution >= 4 is 11.3 Å². The van der Waals surface area contributed by atoms with Gasteiger partial charge in [-0.05, 0) is 32.0 Å². The quantitative estimate of drug-likeness (QED) is 0.889. The highest BCUT2D eigenvalue weighted by Crippen LogP contribution is 2.25. The Labute approximate surface area is 135 Å². The molecule has 0 bridgehead atoms. The molecule has 0 unspecified atom stereocenters. The molecule has 2 heterocycles. The number of likely N-dealkylation sites (N-methyl/N-ethyl adjacent to an activating group) is 1. The SMILES string of the molecule is CN[C@H](CN1CC[C@H](O)C1)c1cccc(-c2csc(C)n2)c1. The van der Waals surface area contributed by atoms with Gasteiger partial charge in [-0.15, -0.1) is 11.3 Å². The van der Waals surface area contributed by atoms with E-state index in [0.29, 0.717) is 0 Å². The molecule has 1 saturated heterocycles. The lowest BCUT2D eigenvalue weighted by Gasteiger charge is -2.24. The summed E-state index contributed by atoms with van der Waals surface area (Å²) in [6.45, 7) is 4.72. The zero-order valence-corrected chi connectivity index (χ0v) is 13.9. The topological polar surface area (TPSA) is 48.4 Å². The van der Waals surface area contributed by atoms with E-state index in [-0.39, 0.29) is 12.1 Å². The average molecular weight is 317 g/mol. The van der Waals surface area contributed by atoms with Crippen molar-refractivity contribution < 1.29 is 5.11 Å². The zero-order chi connectivity index (χ0) is 15.5. The van der Waals surface area contributed by atoms with E-state index in [1.807, 2.05) is 14.0 Å². The van der Waals surface area contributed by atoms with Gasteiger partial charge in [0.2, 0.25) is 0 Å². The van der Waals surface area contributed by atoms with Crippen LogP contribution in [0.2, 0.25) is 0 Å². The van der Waals surface area contributed by atoms with E-state index < -0.39 is 0 Å². The van der Waals surface area contributed by atoms with E-state index in [1.54, 1.807) is 11.3 Å². The summed E-state index contributed by atoms with van der Waals surface area (Å²) >= 11 is 1.68. The Bertz CT molecular complexity index is 628. The van der Waals surface area contributed by atoms with E-state index in [0.717, 1.165) is 36.8 Å². The summed E-state index contributed by atoms with van der Waals surface area (Å²) in [7, 11) is 2.00. The van der Waals surface area contributed by atoms with Gasteiger partial charge in [0, 0.05) is 36.6 Å². The second kappa shape index (κ2) is 6.87. The van der Waals surface area contributed by atoms with Gasteiger partial charge in [0.1, 0.15) is 0 Å². The molecule has 0 spiro atoms. The van der Waals surface area contributed by atoms with Crippen molar-refractivity contribution in [3.8, 4) is 11.3 Å². The van der Waals surface area contributed by atoms with Crippen LogP contribution in [-0.4, -0.2) is 47.8 Å². The predicted octanol–water partition coefficient (Wildman–Crippen LogP) is 2.45. The van der Waals surface area contributed by atoms with Crippen molar-refractivity contribution in [2.75, 3.05) is 26.7 Å². The molecule has 1 aromatic heterocycles. The summed E-state index contributed by atoms with van der Waals surface area (Å²) in [6.07, 6.45) is 0.719. The van der Waals surface area contributed by atoms with Crippen molar-refractivity contribution in [2.24, 2.45) is 0 Å². The van der Waals surface area contributed by atoms with Crippen LogP contribution >= 0.6 is 11.3 Å². The first-order chi connectivity index (χ1) is 10.7. The minimum atomic E-state index is -0.165. The number of β-amino-alcohol motifs (C(OH)–C–C–N with tert-alkyl or cyclic N) is 1. The number of nitrogens with zero attached hydrogens (tertiary/aromatic N) is 2. The maximum atomic E-state index is 9.68. The molecule has 2 atom stereocenters. The number of likely N-dealkylation sites (tertiary alicyclic amines) is 1. The second-order valence-electron chi connectivity index (χ2n) is 5.92. The van der Waals surface area contributed by atoms with Crippen LogP contribution in [-0.2, 0) is 0 Å². The van der Waals surface area contributed by atoms with Crippen LogP contribution in [0.25, 0.3) is 11.3 Å². The number of aliphatic hydroxyl groups is 1. The molecule has 22 heavy (non-hydrogen) atoms. The number of aliphatic hydroxyl groups excluding tert-OH is 1. The largest absolute Gasteiger partial charge is 0.392 e. The molecule has 1 aliphatic rings. The Hall–Kier alpha value is -1.27. The number of benzene rings is 1. The van der Waals surface area contributed by atoms with E-state index in [9.17, 15) is 5.11 Å². The minimum absolute atomic E-state index is 0.165. The van der Waals surface area contributed by atoms with Crippen LogP contribution in [0.1, 0.15) is 23.0 Å². The van der Waals surface area contributed by atoms with Gasteiger partial charge in [-0.2, -0.15) is 0 Å². The molecule has 2 N–H and O–H groups in total. The van der Waals surface area contributed by atoms with Gasteiger partial charge >= 0.3 is 0 Å². The van der Waals surface area contributed by atoms with Gasteiger partial charge in [0.05, 0.1) is 16.8 Å². The first-order valence-corrected chi connectivity index (χ1v) is 8.64. The van der Waals surface area contributed by atoms with Crippen LogP contribution in [0.4, 0.5) is 0 Å².